The van der Waals surface area contributed by atoms with Crippen molar-refractivity contribution in [2.45, 2.75) is 19.8 Å². The minimum atomic E-state index is -1.66. The summed E-state index contributed by atoms with van der Waals surface area (Å²) in [6.07, 6.45) is 0. The molecule has 1 unspecified atom stereocenters. The van der Waals surface area contributed by atoms with Crippen LogP contribution in [0.5, 0.6) is 0 Å². The average Bonchev–Trinajstić information content (AvgIpc) is 1.67. The average molecular weight is 158 g/mol. The van der Waals surface area contributed by atoms with Crippen molar-refractivity contribution in [3.8, 4) is 0 Å². The van der Waals surface area contributed by atoms with E-state index in [0.29, 0.717) is 6.61 Å². The van der Waals surface area contributed by atoms with Crippen molar-refractivity contribution in [3.63, 3.8) is 0 Å². The van der Waals surface area contributed by atoms with Gasteiger partial charge in [-0.3, -0.25) is 0 Å². The molecule has 0 aliphatic carbocycles. The molecule has 0 N–H and O–H groups in total. The maximum Gasteiger partial charge on any atom is 1.00 e. The van der Waals surface area contributed by atoms with Crippen LogP contribution in [-0.2, 0) is 9.47 Å². The Kier molecular flexibility index (Phi) is 9.11. The van der Waals surface area contributed by atoms with E-state index in [1.54, 1.807) is 6.92 Å². The van der Waals surface area contributed by atoms with Crippen molar-refractivity contribution in [2.75, 3.05) is 13.7 Å². The zero-order valence-electron chi connectivity index (χ0n) is 6.43. The maximum absolute atomic E-state index is 10.6. The van der Waals surface area contributed by atoms with Crippen LogP contribution in [0.25, 0.3) is 0 Å². The van der Waals surface area contributed by atoms with E-state index >= 15 is 0 Å². The Hall–Kier alpha value is 1.52. The van der Waals surface area contributed by atoms with E-state index in [0.717, 1.165) is 0 Å². The fourth-order valence-corrected chi connectivity index (χ4v) is 0.321. The minimum Gasteiger partial charge on any atom is -0.807 e. The molecule has 0 aromatic rings. The predicted octanol–water partition coefficient (Wildman–Crippen LogP) is -3.29. The summed E-state index contributed by atoms with van der Waals surface area (Å²) in [7, 11) is 1.32. The Morgan fingerprint density at radius 2 is 2.00 bits per heavy atom. The third-order valence-corrected chi connectivity index (χ3v) is 0.777. The Bertz CT molecular complexity index is 65.2. The van der Waals surface area contributed by atoms with E-state index in [1.807, 2.05) is 0 Å². The third kappa shape index (κ3) is 7.41. The minimum absolute atomic E-state index is 0. The molecule has 0 aliphatic heterocycles. The monoisotopic (exact) mass is 158 g/mol. The van der Waals surface area contributed by atoms with Crippen LogP contribution in [0.4, 0.5) is 0 Å². The molecule has 0 aliphatic rings. The molecule has 0 bridgehead atoms. The molecule has 0 heterocycles. The molecule has 1 atom stereocenters. The van der Waals surface area contributed by atoms with E-state index < -0.39 is 5.97 Å². The molecule has 0 saturated carbocycles. The zero-order chi connectivity index (χ0) is 6.62. The van der Waals surface area contributed by atoms with E-state index in [-0.39, 0.29) is 51.4 Å². The number of hydrogen-bond acceptors (Lipinski definition) is 3. The predicted molar refractivity (Wildman–Crippen MR) is 27.0 cm³/mol. The first-order valence-corrected chi connectivity index (χ1v) is 2.52. The third-order valence-electron chi connectivity index (χ3n) is 0.777. The smallest absolute Gasteiger partial charge is 0.807 e. The largest absolute Gasteiger partial charge is 1.00 e. The van der Waals surface area contributed by atoms with Crippen LogP contribution in [0.1, 0.15) is 13.8 Å². The summed E-state index contributed by atoms with van der Waals surface area (Å²) in [6, 6.07) is 0. The fourth-order valence-electron chi connectivity index (χ4n) is 0.321. The second kappa shape index (κ2) is 6.24. The summed E-state index contributed by atoms with van der Waals surface area (Å²) in [5, 5.41) is 10.6. The van der Waals surface area contributed by atoms with E-state index in [4.69, 9.17) is 0 Å². The van der Waals surface area contributed by atoms with Gasteiger partial charge in [0.1, 0.15) is 0 Å². The van der Waals surface area contributed by atoms with Gasteiger partial charge in [0.05, 0.1) is 5.97 Å². The van der Waals surface area contributed by atoms with Crippen molar-refractivity contribution >= 4 is 0 Å². The topological polar surface area (TPSA) is 41.5 Å². The van der Waals surface area contributed by atoms with Crippen molar-refractivity contribution in [1.29, 1.82) is 0 Å². The van der Waals surface area contributed by atoms with Crippen LogP contribution in [0.3, 0.4) is 0 Å². The summed E-state index contributed by atoms with van der Waals surface area (Å²) in [4.78, 5) is 0. The molecule has 0 radical (unpaired) electrons. The quantitative estimate of drug-likeness (QED) is 0.319. The van der Waals surface area contributed by atoms with Crippen LogP contribution >= 0.6 is 0 Å². The first kappa shape index (κ1) is 13.1. The van der Waals surface area contributed by atoms with Gasteiger partial charge in [-0.1, -0.05) is 0 Å². The summed E-state index contributed by atoms with van der Waals surface area (Å²) in [6.45, 7) is 3.46. The molecule has 50 valence electrons. The Morgan fingerprint density at radius 3 is 2.11 bits per heavy atom. The van der Waals surface area contributed by atoms with Crippen molar-refractivity contribution in [2.24, 2.45) is 0 Å². The van der Waals surface area contributed by atoms with Gasteiger partial charge in [-0.2, -0.15) is 0 Å². The summed E-state index contributed by atoms with van der Waals surface area (Å²) < 4.78 is 9.00. The molecule has 4 heteroatoms. The Morgan fingerprint density at radius 1 is 1.56 bits per heavy atom. The molecule has 0 fully saturated rings. The maximum atomic E-state index is 10.6. The Labute approximate surface area is 98.1 Å². The van der Waals surface area contributed by atoms with Gasteiger partial charge in [0.15, 0.2) is 0 Å². The first-order valence-electron chi connectivity index (χ1n) is 2.52. The number of rotatable bonds is 3. The molecular formula is C5H11KO3. The summed E-state index contributed by atoms with van der Waals surface area (Å²) in [5.74, 6) is -1.66. The van der Waals surface area contributed by atoms with Gasteiger partial charge in [-0.25, -0.2) is 0 Å². The molecule has 0 aromatic carbocycles. The Balaban J connectivity index is 0. The molecule has 0 aromatic heterocycles. The summed E-state index contributed by atoms with van der Waals surface area (Å²) in [5.41, 5.74) is 0. The zero-order valence-corrected chi connectivity index (χ0v) is 9.55. The molecule has 0 amide bonds. The van der Waals surface area contributed by atoms with Crippen molar-refractivity contribution in [3.05, 3.63) is 0 Å². The fraction of sp³-hybridized carbons (Fsp3) is 1.00. The second-order valence-corrected chi connectivity index (χ2v) is 1.50. The van der Waals surface area contributed by atoms with E-state index in [1.165, 1.54) is 14.0 Å². The summed E-state index contributed by atoms with van der Waals surface area (Å²) >= 11 is 0. The molecule has 0 spiro atoms. The molecule has 0 saturated heterocycles. The number of hydrogen-bond donors (Lipinski definition) is 0. The number of ether oxygens (including phenoxy) is 2. The van der Waals surface area contributed by atoms with Gasteiger partial charge >= 0.3 is 51.4 Å². The number of methoxy groups -OCH3 is 1. The molecule has 9 heavy (non-hydrogen) atoms. The first-order chi connectivity index (χ1) is 3.62. The standard InChI is InChI=1S/C5H11O3.K/c1-4-8-5(2,6)7-3;/h4H2,1-3H3;/q-1;+1. The van der Waals surface area contributed by atoms with Gasteiger partial charge in [-0.15, -0.1) is 0 Å². The van der Waals surface area contributed by atoms with Gasteiger partial charge in [0.25, 0.3) is 0 Å². The van der Waals surface area contributed by atoms with Crippen molar-refractivity contribution < 1.29 is 66.0 Å². The van der Waals surface area contributed by atoms with Crippen molar-refractivity contribution in [1.82, 2.24) is 0 Å². The molecule has 0 rings (SSSR count). The van der Waals surface area contributed by atoms with Crippen LogP contribution in [0, 0.1) is 0 Å². The van der Waals surface area contributed by atoms with Crippen LogP contribution in [0.2, 0.25) is 0 Å². The van der Waals surface area contributed by atoms with Gasteiger partial charge < -0.3 is 14.6 Å². The van der Waals surface area contributed by atoms with Gasteiger partial charge in [-0.05, 0) is 13.8 Å². The second-order valence-electron chi connectivity index (χ2n) is 1.50. The SMILES string of the molecule is CCOC(C)([O-])OC.[K+]. The van der Waals surface area contributed by atoms with Crippen LogP contribution in [0.15, 0.2) is 0 Å². The van der Waals surface area contributed by atoms with E-state index in [2.05, 4.69) is 9.47 Å². The van der Waals surface area contributed by atoms with Gasteiger partial charge in [0, 0.05) is 13.7 Å². The van der Waals surface area contributed by atoms with E-state index in [9.17, 15) is 5.11 Å². The molecular weight excluding hydrogens is 147 g/mol. The normalized spacial score (nSPS) is 16.0. The van der Waals surface area contributed by atoms with Crippen LogP contribution < -0.4 is 56.5 Å². The van der Waals surface area contributed by atoms with Crippen LogP contribution in [-0.4, -0.2) is 19.7 Å². The van der Waals surface area contributed by atoms with Gasteiger partial charge in [0.2, 0.25) is 0 Å². The molecule has 3 nitrogen and oxygen atoms in total.